The minimum atomic E-state index is -1.39. The van der Waals surface area contributed by atoms with E-state index in [1.807, 2.05) is 0 Å². The zero-order chi connectivity index (χ0) is 37.1. The van der Waals surface area contributed by atoms with E-state index in [-0.39, 0.29) is 109 Å². The van der Waals surface area contributed by atoms with Crippen LogP contribution < -0.4 is 15.4 Å². The van der Waals surface area contributed by atoms with Gasteiger partial charge in [0.1, 0.15) is 18.1 Å². The first-order chi connectivity index (χ1) is 23.6. The highest BCUT2D eigenvalue weighted by molar-refractivity contribution is 5.94. The molecule has 19 heteroatoms. The molecule has 1 aromatic rings. The lowest BCUT2D eigenvalue weighted by molar-refractivity contribution is -0.140. The van der Waals surface area contributed by atoms with Crippen molar-refractivity contribution in [3.8, 4) is 5.75 Å². The summed E-state index contributed by atoms with van der Waals surface area (Å²) < 4.78 is 15.4. The van der Waals surface area contributed by atoms with Crippen molar-refractivity contribution >= 4 is 35.9 Å². The van der Waals surface area contributed by atoms with Gasteiger partial charge in [0.05, 0.1) is 39.4 Å². The van der Waals surface area contributed by atoms with E-state index < -0.39 is 35.7 Å². The first-order valence-electron chi connectivity index (χ1n) is 16.0. The largest absolute Gasteiger partial charge is 0.513 e. The molecule has 0 aromatic heterocycles. The number of carbonyl (C=O) groups is 6. The van der Waals surface area contributed by atoms with Crippen LogP contribution >= 0.6 is 0 Å². The number of benzene rings is 1. The Balaban J connectivity index is 1.76. The number of hydrogen-bond donors (Lipinski definition) is 6. The van der Waals surface area contributed by atoms with Crippen molar-refractivity contribution in [1.82, 2.24) is 30.2 Å². The number of carbonyl (C=O) groups excluding carboxylic acids is 3. The van der Waals surface area contributed by atoms with Gasteiger partial charge in [-0.25, -0.2) is 4.79 Å². The van der Waals surface area contributed by atoms with Crippen LogP contribution in [0.25, 0.3) is 0 Å². The molecule has 1 aromatic carbocycles. The fourth-order valence-electron chi connectivity index (χ4n) is 4.74. The van der Waals surface area contributed by atoms with Crippen LogP contribution in [0.2, 0.25) is 0 Å². The second kappa shape index (κ2) is 21.6. The smallest absolute Gasteiger partial charge is 0.480 e. The van der Waals surface area contributed by atoms with Gasteiger partial charge in [-0.05, 0) is 38.1 Å². The monoisotopic (exact) mass is 712 g/mol. The second-order valence-corrected chi connectivity index (χ2v) is 12.0. The molecule has 0 spiro atoms. The molecule has 0 unspecified atom stereocenters. The highest BCUT2D eigenvalue weighted by Crippen LogP contribution is 2.13. The van der Waals surface area contributed by atoms with Crippen molar-refractivity contribution in [2.75, 3.05) is 105 Å². The molecule has 1 heterocycles. The third-order valence-electron chi connectivity index (χ3n) is 7.13. The maximum Gasteiger partial charge on any atom is 0.513 e. The molecule has 1 aliphatic rings. The Labute approximate surface area is 289 Å². The van der Waals surface area contributed by atoms with E-state index in [0.29, 0.717) is 13.1 Å². The van der Waals surface area contributed by atoms with Gasteiger partial charge in [-0.2, -0.15) is 0 Å². The van der Waals surface area contributed by atoms with Crippen LogP contribution in [0.15, 0.2) is 24.3 Å². The predicted molar refractivity (Wildman–Crippen MR) is 175 cm³/mol. The molecule has 1 aliphatic heterocycles. The number of hydrogen-bond acceptors (Lipinski definition) is 14. The van der Waals surface area contributed by atoms with Crippen LogP contribution in [0.5, 0.6) is 5.75 Å². The van der Waals surface area contributed by atoms with Crippen molar-refractivity contribution < 1.29 is 63.4 Å². The van der Waals surface area contributed by atoms with Gasteiger partial charge in [0.2, 0.25) is 5.91 Å². The van der Waals surface area contributed by atoms with Crippen molar-refractivity contribution in [1.29, 1.82) is 0 Å². The Morgan fingerprint density at radius 3 is 1.54 bits per heavy atom. The number of rotatable bonds is 17. The molecule has 0 bridgehead atoms. The third-order valence-corrected chi connectivity index (χ3v) is 7.13. The highest BCUT2D eigenvalue weighted by Gasteiger charge is 2.21. The Bertz CT molecular complexity index is 1240. The van der Waals surface area contributed by atoms with Crippen LogP contribution in [0.4, 0.5) is 4.79 Å². The fourth-order valence-corrected chi connectivity index (χ4v) is 4.74. The van der Waals surface area contributed by atoms with Crippen molar-refractivity contribution in [2.45, 2.75) is 19.6 Å². The molecule has 0 saturated carbocycles. The van der Waals surface area contributed by atoms with E-state index >= 15 is 0 Å². The topological polar surface area (TPSA) is 248 Å². The van der Waals surface area contributed by atoms with Crippen LogP contribution in [-0.4, -0.2) is 187 Å². The van der Waals surface area contributed by atoms with Crippen LogP contribution in [-0.2, 0) is 28.7 Å². The van der Waals surface area contributed by atoms with Crippen molar-refractivity contribution in [3.63, 3.8) is 0 Å². The Kier molecular flexibility index (Phi) is 18.1. The normalized spacial score (nSPS) is 16.0. The highest BCUT2D eigenvalue weighted by atomic mass is 16.7. The maximum absolute atomic E-state index is 12.7. The molecular formula is C31H48N6O13. The van der Waals surface area contributed by atoms with Gasteiger partial charge in [0.25, 0.3) is 5.91 Å². The van der Waals surface area contributed by atoms with Gasteiger partial charge in [-0.15, -0.1) is 0 Å². The van der Waals surface area contributed by atoms with E-state index in [0.717, 1.165) is 0 Å². The summed E-state index contributed by atoms with van der Waals surface area (Å²) in [4.78, 5) is 77.7. The molecule has 280 valence electrons. The average molecular weight is 713 g/mol. The molecule has 1 saturated heterocycles. The van der Waals surface area contributed by atoms with Crippen LogP contribution in [0.3, 0.4) is 0 Å². The fraction of sp³-hybridized carbons (Fsp3) is 0.613. The summed E-state index contributed by atoms with van der Waals surface area (Å²) >= 11 is 0. The minimum absolute atomic E-state index is 0.0237. The summed E-state index contributed by atoms with van der Waals surface area (Å²) in [6.07, 6.45) is -0.983. The molecule has 1 fully saturated rings. The number of aliphatic carboxylic acids is 3. The number of carboxylic acid groups (broad SMARTS) is 3. The number of nitrogens with one attached hydrogen (secondary N) is 2. The van der Waals surface area contributed by atoms with E-state index in [1.54, 1.807) is 19.6 Å². The van der Waals surface area contributed by atoms with Gasteiger partial charge < -0.3 is 45.3 Å². The number of amides is 2. The Morgan fingerprint density at radius 1 is 0.680 bits per heavy atom. The number of ether oxygens (including phenoxy) is 3. The Morgan fingerprint density at radius 2 is 1.12 bits per heavy atom. The van der Waals surface area contributed by atoms with Gasteiger partial charge in [0, 0.05) is 64.5 Å². The van der Waals surface area contributed by atoms with Gasteiger partial charge >= 0.3 is 24.1 Å². The van der Waals surface area contributed by atoms with E-state index in [9.17, 15) is 49.2 Å². The molecule has 0 atom stereocenters. The van der Waals surface area contributed by atoms with E-state index in [1.165, 1.54) is 38.1 Å². The van der Waals surface area contributed by atoms with E-state index in [2.05, 4.69) is 10.6 Å². The van der Waals surface area contributed by atoms with Crippen molar-refractivity contribution in [2.24, 2.45) is 0 Å². The van der Waals surface area contributed by atoms with Crippen molar-refractivity contribution in [3.05, 3.63) is 29.8 Å². The summed E-state index contributed by atoms with van der Waals surface area (Å²) in [5.74, 6) is -3.81. The number of aliphatic hydroxyl groups is 1. The number of nitrogens with zero attached hydrogens (tertiary/aromatic N) is 4. The predicted octanol–water partition coefficient (Wildman–Crippen LogP) is -1.73. The average Bonchev–Trinajstić information content (AvgIpc) is 3.00. The lowest BCUT2D eigenvalue weighted by Crippen LogP contribution is -2.50. The molecule has 2 amide bonds. The van der Waals surface area contributed by atoms with Gasteiger partial charge in [0.15, 0.2) is 0 Å². The first kappa shape index (κ1) is 41.8. The third kappa shape index (κ3) is 19.0. The number of carboxylic acids is 3. The quantitative estimate of drug-likeness (QED) is 0.0454. The molecule has 0 radical (unpaired) electrons. The van der Waals surface area contributed by atoms with E-state index in [4.69, 9.17) is 14.2 Å². The summed E-state index contributed by atoms with van der Waals surface area (Å²) in [6, 6.07) is 5.63. The minimum Gasteiger partial charge on any atom is -0.480 e. The summed E-state index contributed by atoms with van der Waals surface area (Å²) in [6.45, 7) is 4.48. The molecule has 50 heavy (non-hydrogen) atoms. The molecule has 6 N–H and O–H groups in total. The zero-order valence-corrected chi connectivity index (χ0v) is 28.4. The van der Waals surface area contributed by atoms with Crippen LogP contribution in [0, 0.1) is 0 Å². The molecule has 0 aliphatic carbocycles. The maximum atomic E-state index is 12.7. The summed E-state index contributed by atoms with van der Waals surface area (Å²) in [5.41, 5.74) is -1.14. The van der Waals surface area contributed by atoms with Gasteiger partial charge in [-0.3, -0.25) is 43.6 Å². The van der Waals surface area contributed by atoms with Gasteiger partial charge in [-0.1, -0.05) is 0 Å². The lowest BCUT2D eigenvalue weighted by Gasteiger charge is -2.32. The second-order valence-electron chi connectivity index (χ2n) is 12.0. The SMILES string of the molecule is CC(C)(O)NC(=O)c1ccc(OC(=O)OCCOCCNC(=O)CN2CCN(CC(=O)O)CCN(CC(=O)O)CCN(CC(=O)O)CC2)cc1. The first-order valence-corrected chi connectivity index (χ1v) is 16.0. The summed E-state index contributed by atoms with van der Waals surface area (Å²) in [7, 11) is 0. The standard InChI is InChI=1S/C31H48N6O13/c1-31(2,47)33-29(45)23-3-5-24(6-4-23)50-30(46)49-18-17-48-16-7-32-25(38)19-34-8-10-35(20-26(39)40)12-14-37(22-28(43)44)15-13-36(11-9-34)21-27(41)42/h3-6,47H,7-22H2,1-2H3,(H,32,38)(H,33,45)(H,39,40)(H,41,42)(H,43,44). The molecule has 19 nitrogen and oxygen atoms in total. The Hall–Kier alpha value is -4.40. The lowest BCUT2D eigenvalue weighted by atomic mass is 10.2. The zero-order valence-electron chi connectivity index (χ0n) is 28.4. The molecule has 2 rings (SSSR count). The summed E-state index contributed by atoms with van der Waals surface area (Å²) in [5, 5.41) is 42.8. The van der Waals surface area contributed by atoms with Crippen LogP contribution in [0.1, 0.15) is 24.2 Å². The molecular weight excluding hydrogens is 664 g/mol.